The third-order valence-electron chi connectivity index (χ3n) is 3.77. The van der Waals surface area contributed by atoms with E-state index in [1.54, 1.807) is 35.4 Å². The maximum atomic E-state index is 12.5. The lowest BCUT2D eigenvalue weighted by Gasteiger charge is -2.09. The quantitative estimate of drug-likeness (QED) is 0.732. The molecule has 1 aromatic carbocycles. The van der Waals surface area contributed by atoms with Crippen molar-refractivity contribution in [2.45, 2.75) is 19.9 Å². The van der Waals surface area contributed by atoms with Crippen LogP contribution in [0.15, 0.2) is 48.9 Å². The molecule has 25 heavy (non-hydrogen) atoms. The van der Waals surface area contributed by atoms with Crippen LogP contribution in [0.3, 0.4) is 0 Å². The van der Waals surface area contributed by atoms with E-state index >= 15 is 0 Å². The number of hydrogen-bond acceptors (Lipinski definition) is 3. The van der Waals surface area contributed by atoms with E-state index in [1.165, 1.54) is 0 Å². The molecule has 2 aromatic heterocycles. The fourth-order valence-electron chi connectivity index (χ4n) is 2.52. The summed E-state index contributed by atoms with van der Waals surface area (Å²) in [6.07, 6.45) is 5.64. The second-order valence-corrected chi connectivity index (χ2v) is 6.23. The molecule has 1 amide bonds. The average Bonchev–Trinajstić information content (AvgIpc) is 3.07. The van der Waals surface area contributed by atoms with E-state index in [0.717, 1.165) is 16.9 Å². The molecular formula is C18H16Cl2N4O. The van der Waals surface area contributed by atoms with Crippen LogP contribution < -0.4 is 5.32 Å². The van der Waals surface area contributed by atoms with E-state index in [0.29, 0.717) is 28.6 Å². The monoisotopic (exact) mass is 374 g/mol. The lowest BCUT2D eigenvalue weighted by atomic mass is 10.2. The third-order valence-corrected chi connectivity index (χ3v) is 4.51. The Hall–Kier alpha value is -2.37. The minimum Gasteiger partial charge on any atom is -0.348 e. The highest BCUT2D eigenvalue weighted by Gasteiger charge is 2.17. The van der Waals surface area contributed by atoms with E-state index in [4.69, 9.17) is 23.2 Å². The Bertz CT molecular complexity index is 893. The molecule has 0 aliphatic rings. The molecule has 0 aliphatic heterocycles. The molecule has 0 atom stereocenters. The van der Waals surface area contributed by atoms with Gasteiger partial charge in [0, 0.05) is 18.9 Å². The van der Waals surface area contributed by atoms with Gasteiger partial charge in [0.05, 0.1) is 33.2 Å². The SMILES string of the molecule is CCc1c(C(=O)NCc2cccnc2)cnn1-c1ccc(Cl)c(Cl)c1. The van der Waals surface area contributed by atoms with Crippen molar-refractivity contribution in [2.24, 2.45) is 0 Å². The molecule has 0 aliphatic carbocycles. The summed E-state index contributed by atoms with van der Waals surface area (Å²) in [7, 11) is 0. The van der Waals surface area contributed by atoms with Gasteiger partial charge in [-0.05, 0) is 36.2 Å². The van der Waals surface area contributed by atoms with Gasteiger partial charge in [0.1, 0.15) is 0 Å². The van der Waals surface area contributed by atoms with Gasteiger partial charge in [-0.1, -0.05) is 36.2 Å². The molecule has 0 bridgehead atoms. The number of amides is 1. The molecule has 0 saturated heterocycles. The van der Waals surface area contributed by atoms with Crippen LogP contribution in [0.2, 0.25) is 10.0 Å². The van der Waals surface area contributed by atoms with Gasteiger partial charge in [-0.3, -0.25) is 9.78 Å². The number of carbonyl (C=O) groups is 1. The zero-order valence-corrected chi connectivity index (χ0v) is 15.1. The lowest BCUT2D eigenvalue weighted by Crippen LogP contribution is -2.23. The summed E-state index contributed by atoms with van der Waals surface area (Å²) in [4.78, 5) is 16.6. The minimum atomic E-state index is -0.174. The molecule has 1 N–H and O–H groups in total. The lowest BCUT2D eigenvalue weighted by molar-refractivity contribution is 0.0950. The molecule has 7 heteroatoms. The number of hydrogen-bond donors (Lipinski definition) is 1. The first-order valence-corrected chi connectivity index (χ1v) is 8.55. The van der Waals surface area contributed by atoms with Crippen molar-refractivity contribution in [1.82, 2.24) is 20.1 Å². The van der Waals surface area contributed by atoms with Crippen molar-refractivity contribution >= 4 is 29.1 Å². The Labute approximate surface area is 155 Å². The third kappa shape index (κ3) is 3.83. The Morgan fingerprint density at radius 1 is 1.20 bits per heavy atom. The summed E-state index contributed by atoms with van der Waals surface area (Å²) >= 11 is 12.1. The predicted octanol–water partition coefficient (Wildman–Crippen LogP) is 4.07. The number of halogens is 2. The molecule has 2 heterocycles. The number of nitrogens with zero attached hydrogens (tertiary/aromatic N) is 3. The zero-order valence-electron chi connectivity index (χ0n) is 13.5. The summed E-state index contributed by atoms with van der Waals surface area (Å²) < 4.78 is 1.71. The Balaban J connectivity index is 1.84. The van der Waals surface area contributed by atoms with Gasteiger partial charge < -0.3 is 5.32 Å². The first-order chi connectivity index (χ1) is 12.1. The second-order valence-electron chi connectivity index (χ2n) is 5.41. The van der Waals surface area contributed by atoms with Crippen LogP contribution in [0.1, 0.15) is 28.5 Å². The molecule has 0 radical (unpaired) electrons. The Kier molecular flexibility index (Phi) is 5.36. The first kappa shape index (κ1) is 17.5. The number of benzene rings is 1. The van der Waals surface area contributed by atoms with Crippen molar-refractivity contribution in [3.05, 3.63) is 75.8 Å². The van der Waals surface area contributed by atoms with E-state index in [2.05, 4.69) is 15.4 Å². The Morgan fingerprint density at radius 2 is 2.04 bits per heavy atom. The smallest absolute Gasteiger partial charge is 0.255 e. The summed E-state index contributed by atoms with van der Waals surface area (Å²) in [6, 6.07) is 9.00. The topological polar surface area (TPSA) is 59.8 Å². The van der Waals surface area contributed by atoms with Gasteiger partial charge >= 0.3 is 0 Å². The minimum absolute atomic E-state index is 0.174. The maximum Gasteiger partial charge on any atom is 0.255 e. The van der Waals surface area contributed by atoms with Gasteiger partial charge in [-0.25, -0.2) is 4.68 Å². The van der Waals surface area contributed by atoms with E-state index in [9.17, 15) is 4.79 Å². The average molecular weight is 375 g/mol. The highest BCUT2D eigenvalue weighted by Crippen LogP contribution is 2.25. The van der Waals surface area contributed by atoms with Crippen LogP contribution in [0, 0.1) is 0 Å². The second kappa shape index (κ2) is 7.68. The number of rotatable bonds is 5. The molecule has 5 nitrogen and oxygen atoms in total. The molecule has 3 aromatic rings. The fraction of sp³-hybridized carbons (Fsp3) is 0.167. The van der Waals surface area contributed by atoms with E-state index in [-0.39, 0.29) is 5.91 Å². The molecule has 0 fully saturated rings. The van der Waals surface area contributed by atoms with Crippen LogP contribution in [0.5, 0.6) is 0 Å². The molecular weight excluding hydrogens is 359 g/mol. The van der Waals surface area contributed by atoms with Gasteiger partial charge in [0.25, 0.3) is 5.91 Å². The van der Waals surface area contributed by atoms with Crippen molar-refractivity contribution < 1.29 is 4.79 Å². The molecule has 3 rings (SSSR count). The number of carbonyl (C=O) groups excluding carboxylic acids is 1. The molecule has 0 unspecified atom stereocenters. The number of aromatic nitrogens is 3. The van der Waals surface area contributed by atoms with Crippen molar-refractivity contribution in [1.29, 1.82) is 0 Å². The number of pyridine rings is 1. The normalized spacial score (nSPS) is 10.7. The highest BCUT2D eigenvalue weighted by atomic mass is 35.5. The standard InChI is InChI=1S/C18H16Cl2N4O/c1-2-17-14(18(25)22-10-12-4-3-7-21-9-12)11-23-24(17)13-5-6-15(19)16(20)8-13/h3-9,11H,2,10H2,1H3,(H,22,25). The van der Waals surface area contributed by atoms with Crippen LogP contribution >= 0.6 is 23.2 Å². The summed E-state index contributed by atoms with van der Waals surface area (Å²) in [5, 5.41) is 8.16. The first-order valence-electron chi connectivity index (χ1n) is 7.79. The van der Waals surface area contributed by atoms with Crippen LogP contribution in [0.4, 0.5) is 0 Å². The zero-order chi connectivity index (χ0) is 17.8. The van der Waals surface area contributed by atoms with Crippen LogP contribution in [-0.4, -0.2) is 20.7 Å². The fourth-order valence-corrected chi connectivity index (χ4v) is 2.82. The van der Waals surface area contributed by atoms with E-state index < -0.39 is 0 Å². The molecule has 128 valence electrons. The van der Waals surface area contributed by atoms with Crippen molar-refractivity contribution in [3.63, 3.8) is 0 Å². The predicted molar refractivity (Wildman–Crippen MR) is 98.4 cm³/mol. The maximum absolute atomic E-state index is 12.5. The van der Waals surface area contributed by atoms with E-state index in [1.807, 2.05) is 25.1 Å². The van der Waals surface area contributed by atoms with Crippen molar-refractivity contribution in [3.8, 4) is 5.69 Å². The number of nitrogens with one attached hydrogen (secondary N) is 1. The summed E-state index contributed by atoms with van der Waals surface area (Å²) in [5.74, 6) is -0.174. The highest BCUT2D eigenvalue weighted by molar-refractivity contribution is 6.42. The van der Waals surface area contributed by atoms with Gasteiger partial charge in [-0.2, -0.15) is 5.10 Å². The molecule has 0 spiro atoms. The molecule has 0 saturated carbocycles. The van der Waals surface area contributed by atoms with Crippen molar-refractivity contribution in [2.75, 3.05) is 0 Å². The summed E-state index contributed by atoms with van der Waals surface area (Å²) in [5.41, 5.74) is 3.04. The summed E-state index contributed by atoms with van der Waals surface area (Å²) in [6.45, 7) is 2.39. The van der Waals surface area contributed by atoms with Gasteiger partial charge in [0.2, 0.25) is 0 Å². The van der Waals surface area contributed by atoms with Crippen LogP contribution in [-0.2, 0) is 13.0 Å². The van der Waals surface area contributed by atoms with Crippen LogP contribution in [0.25, 0.3) is 5.69 Å². The van der Waals surface area contributed by atoms with Gasteiger partial charge in [0.15, 0.2) is 0 Å². The largest absolute Gasteiger partial charge is 0.348 e. The van der Waals surface area contributed by atoms with Gasteiger partial charge in [-0.15, -0.1) is 0 Å². The Morgan fingerprint density at radius 3 is 2.72 bits per heavy atom.